The maximum Gasteiger partial charge on any atom is 0.292 e. The molecule has 1 heterocycles. The topological polar surface area (TPSA) is 49.6 Å². The molecule has 19 heavy (non-hydrogen) atoms. The van der Waals surface area contributed by atoms with Gasteiger partial charge in [-0.3, -0.25) is 10.1 Å². The number of para-hydroxylation sites is 2. The molecule has 5 heteroatoms. The Morgan fingerprint density at radius 1 is 1.37 bits per heavy atom. The van der Waals surface area contributed by atoms with Crippen LogP contribution in [0.15, 0.2) is 24.3 Å². The molecule has 0 N–H and O–H groups in total. The van der Waals surface area contributed by atoms with Gasteiger partial charge in [-0.15, -0.1) is 0 Å². The molecule has 1 unspecified atom stereocenters. The van der Waals surface area contributed by atoms with E-state index < -0.39 is 0 Å². The largest absolute Gasteiger partial charge is 0.362 e. The molecule has 1 aliphatic rings. The van der Waals surface area contributed by atoms with Crippen molar-refractivity contribution in [3.8, 4) is 0 Å². The predicted octanol–water partition coefficient (Wildman–Crippen LogP) is 2.52. The normalized spacial score (nSPS) is 19.7. The molecule has 1 saturated heterocycles. The molecule has 0 radical (unpaired) electrons. The van der Waals surface area contributed by atoms with Gasteiger partial charge in [-0.1, -0.05) is 12.1 Å². The average Bonchev–Trinajstić information content (AvgIpc) is 2.38. The fourth-order valence-electron chi connectivity index (χ4n) is 2.79. The third kappa shape index (κ3) is 3.23. The van der Waals surface area contributed by atoms with Crippen molar-refractivity contribution in [2.45, 2.75) is 25.3 Å². The molecular formula is C14H21N3O2. The summed E-state index contributed by atoms with van der Waals surface area (Å²) in [6.45, 7) is 1.84. The first-order chi connectivity index (χ1) is 9.09. The van der Waals surface area contributed by atoms with E-state index in [0.717, 1.165) is 31.6 Å². The van der Waals surface area contributed by atoms with Gasteiger partial charge in [0.05, 0.1) is 4.92 Å². The van der Waals surface area contributed by atoms with Crippen LogP contribution in [0.25, 0.3) is 0 Å². The van der Waals surface area contributed by atoms with Gasteiger partial charge in [0.1, 0.15) is 5.69 Å². The lowest BCUT2D eigenvalue weighted by atomic mass is 10.0. The highest BCUT2D eigenvalue weighted by molar-refractivity contribution is 5.63. The summed E-state index contributed by atoms with van der Waals surface area (Å²) in [7, 11) is 4.10. The van der Waals surface area contributed by atoms with E-state index in [1.54, 1.807) is 12.1 Å². The summed E-state index contributed by atoms with van der Waals surface area (Å²) in [5.74, 6) is 0. The monoisotopic (exact) mass is 263 g/mol. The lowest BCUT2D eigenvalue weighted by Gasteiger charge is -2.38. The van der Waals surface area contributed by atoms with Crippen LogP contribution < -0.4 is 4.90 Å². The molecule has 0 bridgehead atoms. The summed E-state index contributed by atoms with van der Waals surface area (Å²) in [5, 5.41) is 11.2. The standard InChI is InChI=1S/C14H21N3O2/c1-15(2)11-12-7-5-6-10-16(12)13-8-3-4-9-14(13)17(18)19/h3-4,8-9,12H,5-7,10-11H2,1-2H3. The summed E-state index contributed by atoms with van der Waals surface area (Å²) in [6, 6.07) is 7.43. The molecule has 0 aliphatic carbocycles. The molecule has 5 nitrogen and oxygen atoms in total. The van der Waals surface area contributed by atoms with Gasteiger partial charge in [0, 0.05) is 25.2 Å². The molecule has 0 saturated carbocycles. The molecule has 0 spiro atoms. The molecular weight excluding hydrogens is 242 g/mol. The minimum absolute atomic E-state index is 0.216. The van der Waals surface area contributed by atoms with Crippen LogP contribution >= 0.6 is 0 Å². The number of benzene rings is 1. The van der Waals surface area contributed by atoms with Crippen molar-refractivity contribution in [2.24, 2.45) is 0 Å². The number of nitrogens with zero attached hydrogens (tertiary/aromatic N) is 3. The number of rotatable bonds is 4. The predicted molar refractivity (Wildman–Crippen MR) is 76.6 cm³/mol. The second-order valence-electron chi connectivity index (χ2n) is 5.35. The SMILES string of the molecule is CN(C)CC1CCCCN1c1ccccc1[N+](=O)[O-]. The van der Waals surface area contributed by atoms with E-state index in [1.165, 1.54) is 6.42 Å². The van der Waals surface area contributed by atoms with Crippen molar-refractivity contribution in [1.82, 2.24) is 4.90 Å². The zero-order valence-electron chi connectivity index (χ0n) is 11.6. The van der Waals surface area contributed by atoms with Crippen LogP contribution in [0.3, 0.4) is 0 Å². The van der Waals surface area contributed by atoms with E-state index in [2.05, 4.69) is 9.80 Å². The zero-order valence-corrected chi connectivity index (χ0v) is 11.6. The van der Waals surface area contributed by atoms with Crippen molar-refractivity contribution < 1.29 is 4.92 Å². The highest BCUT2D eigenvalue weighted by Crippen LogP contribution is 2.32. The van der Waals surface area contributed by atoms with Crippen molar-refractivity contribution in [3.63, 3.8) is 0 Å². The Morgan fingerprint density at radius 3 is 2.79 bits per heavy atom. The van der Waals surface area contributed by atoms with Gasteiger partial charge < -0.3 is 9.80 Å². The fourth-order valence-corrected chi connectivity index (χ4v) is 2.79. The number of hydrogen-bond acceptors (Lipinski definition) is 4. The fraction of sp³-hybridized carbons (Fsp3) is 0.571. The Kier molecular flexibility index (Phi) is 4.37. The maximum absolute atomic E-state index is 11.2. The Morgan fingerprint density at radius 2 is 2.11 bits per heavy atom. The first-order valence-electron chi connectivity index (χ1n) is 6.74. The van der Waals surface area contributed by atoms with Gasteiger partial charge in [0.25, 0.3) is 5.69 Å². The van der Waals surface area contributed by atoms with Crippen LogP contribution in [-0.4, -0.2) is 43.0 Å². The summed E-state index contributed by atoms with van der Waals surface area (Å²) in [6.07, 6.45) is 3.41. The van der Waals surface area contributed by atoms with E-state index in [0.29, 0.717) is 6.04 Å². The second-order valence-corrected chi connectivity index (χ2v) is 5.35. The number of nitro benzene ring substituents is 1. The highest BCUT2D eigenvalue weighted by atomic mass is 16.6. The van der Waals surface area contributed by atoms with Crippen molar-refractivity contribution >= 4 is 11.4 Å². The lowest BCUT2D eigenvalue weighted by Crippen LogP contribution is -2.45. The van der Waals surface area contributed by atoms with Crippen molar-refractivity contribution in [1.29, 1.82) is 0 Å². The molecule has 1 aliphatic heterocycles. The lowest BCUT2D eigenvalue weighted by molar-refractivity contribution is -0.384. The van der Waals surface area contributed by atoms with Gasteiger partial charge in [0.15, 0.2) is 0 Å². The van der Waals surface area contributed by atoms with Crippen LogP contribution in [0.1, 0.15) is 19.3 Å². The number of piperidine rings is 1. The summed E-state index contributed by atoms with van der Waals surface area (Å²) >= 11 is 0. The smallest absolute Gasteiger partial charge is 0.292 e. The van der Waals surface area contributed by atoms with Gasteiger partial charge in [-0.25, -0.2) is 0 Å². The van der Waals surface area contributed by atoms with Gasteiger partial charge in [-0.2, -0.15) is 0 Å². The first-order valence-corrected chi connectivity index (χ1v) is 6.74. The van der Waals surface area contributed by atoms with E-state index in [9.17, 15) is 10.1 Å². The van der Waals surface area contributed by atoms with Crippen LogP contribution in [0.5, 0.6) is 0 Å². The van der Waals surface area contributed by atoms with Crippen molar-refractivity contribution in [2.75, 3.05) is 32.1 Å². The van der Waals surface area contributed by atoms with Gasteiger partial charge >= 0.3 is 0 Å². The molecule has 1 aromatic carbocycles. The van der Waals surface area contributed by atoms with E-state index in [4.69, 9.17) is 0 Å². The number of likely N-dealkylation sites (N-methyl/N-ethyl adjacent to an activating group) is 1. The quantitative estimate of drug-likeness (QED) is 0.618. The third-order valence-electron chi connectivity index (χ3n) is 3.59. The van der Waals surface area contributed by atoms with Crippen LogP contribution in [-0.2, 0) is 0 Å². The minimum atomic E-state index is -0.281. The average molecular weight is 263 g/mol. The summed E-state index contributed by atoms with van der Waals surface area (Å²) in [5.41, 5.74) is 0.979. The number of anilines is 1. The Labute approximate surface area is 114 Å². The Balaban J connectivity index is 2.29. The maximum atomic E-state index is 11.2. The Hall–Kier alpha value is -1.62. The van der Waals surface area contributed by atoms with E-state index in [-0.39, 0.29) is 10.6 Å². The minimum Gasteiger partial charge on any atom is -0.362 e. The molecule has 1 atom stereocenters. The van der Waals surface area contributed by atoms with Gasteiger partial charge in [0.2, 0.25) is 0 Å². The number of hydrogen-bond donors (Lipinski definition) is 0. The molecule has 0 amide bonds. The highest BCUT2D eigenvalue weighted by Gasteiger charge is 2.27. The van der Waals surface area contributed by atoms with E-state index >= 15 is 0 Å². The first kappa shape index (κ1) is 13.8. The molecule has 0 aromatic heterocycles. The molecule has 1 fully saturated rings. The van der Waals surface area contributed by atoms with E-state index in [1.807, 2.05) is 26.2 Å². The second kappa shape index (κ2) is 6.02. The Bertz CT molecular complexity index is 448. The molecule has 1 aromatic rings. The molecule has 2 rings (SSSR count). The van der Waals surface area contributed by atoms with Gasteiger partial charge in [-0.05, 0) is 39.4 Å². The zero-order chi connectivity index (χ0) is 13.8. The molecule has 104 valence electrons. The summed E-state index contributed by atoms with van der Waals surface area (Å²) in [4.78, 5) is 15.2. The third-order valence-corrected chi connectivity index (χ3v) is 3.59. The van der Waals surface area contributed by atoms with Crippen LogP contribution in [0.2, 0.25) is 0 Å². The van der Waals surface area contributed by atoms with Crippen molar-refractivity contribution in [3.05, 3.63) is 34.4 Å². The summed E-state index contributed by atoms with van der Waals surface area (Å²) < 4.78 is 0. The number of nitro groups is 1. The van der Waals surface area contributed by atoms with Crippen LogP contribution in [0.4, 0.5) is 11.4 Å². The van der Waals surface area contributed by atoms with Crippen LogP contribution in [0, 0.1) is 10.1 Å².